The number of hydrogen-bond donors (Lipinski definition) is 1. The first-order chi connectivity index (χ1) is 9.90. The van der Waals surface area contributed by atoms with Gasteiger partial charge < -0.3 is 10.1 Å². The van der Waals surface area contributed by atoms with Crippen LogP contribution < -0.4 is 15.2 Å². The summed E-state index contributed by atoms with van der Waals surface area (Å²) in [5.74, 6) is 0.858. The molecule has 0 saturated carbocycles. The van der Waals surface area contributed by atoms with Gasteiger partial charge in [0.2, 0.25) is 0 Å². The van der Waals surface area contributed by atoms with Crippen molar-refractivity contribution in [2.24, 2.45) is 0 Å². The van der Waals surface area contributed by atoms with Crippen molar-refractivity contribution in [2.45, 2.75) is 26.2 Å². The summed E-state index contributed by atoms with van der Waals surface area (Å²) in [6, 6.07) is 14.9. The molecular weight excluding hydrogens is 342 g/mol. The van der Waals surface area contributed by atoms with Crippen LogP contribution in [0.15, 0.2) is 46.9 Å². The van der Waals surface area contributed by atoms with Crippen molar-refractivity contribution in [2.75, 3.05) is 12.4 Å². The molecule has 1 N–H and O–H groups in total. The van der Waals surface area contributed by atoms with Crippen molar-refractivity contribution in [1.29, 1.82) is 0 Å². The molecule has 2 nitrogen and oxygen atoms in total. The summed E-state index contributed by atoms with van der Waals surface area (Å²) >= 11 is 3.49. The Bertz CT molecular complexity index is 605. The van der Waals surface area contributed by atoms with Crippen LogP contribution in [0.25, 0.3) is 0 Å². The molecular formula is C17H22BrNOSi. The van der Waals surface area contributed by atoms with Crippen molar-refractivity contribution >= 4 is 34.9 Å². The van der Waals surface area contributed by atoms with E-state index in [1.54, 1.807) is 7.11 Å². The zero-order valence-corrected chi connectivity index (χ0v) is 15.6. The van der Waals surface area contributed by atoms with Gasteiger partial charge in [-0.15, -0.1) is 0 Å². The highest BCUT2D eigenvalue weighted by Gasteiger charge is 2.15. The van der Waals surface area contributed by atoms with Gasteiger partial charge in [-0.1, -0.05) is 65.0 Å². The van der Waals surface area contributed by atoms with E-state index in [2.05, 4.69) is 65.2 Å². The monoisotopic (exact) mass is 363 g/mol. The van der Waals surface area contributed by atoms with Crippen LogP contribution in [0.3, 0.4) is 0 Å². The van der Waals surface area contributed by atoms with E-state index in [0.29, 0.717) is 0 Å². The minimum atomic E-state index is -1.21. The van der Waals surface area contributed by atoms with E-state index in [4.69, 9.17) is 4.74 Å². The van der Waals surface area contributed by atoms with E-state index in [1.807, 2.05) is 18.2 Å². The van der Waals surface area contributed by atoms with Gasteiger partial charge in [-0.25, -0.2) is 0 Å². The van der Waals surface area contributed by atoms with E-state index in [9.17, 15) is 0 Å². The second kappa shape index (κ2) is 6.67. The van der Waals surface area contributed by atoms with Crippen molar-refractivity contribution in [3.63, 3.8) is 0 Å². The van der Waals surface area contributed by atoms with Gasteiger partial charge in [-0.2, -0.15) is 0 Å². The Morgan fingerprint density at radius 2 is 1.71 bits per heavy atom. The fourth-order valence-corrected chi connectivity index (χ4v) is 3.67. The number of methoxy groups -OCH3 is 1. The fourth-order valence-electron chi connectivity index (χ4n) is 2.14. The fraction of sp³-hybridized carbons (Fsp3) is 0.294. The molecule has 4 heteroatoms. The third-order valence-corrected chi connectivity index (χ3v) is 6.02. The molecule has 0 saturated heterocycles. The molecule has 0 aliphatic carbocycles. The molecule has 0 radical (unpaired) electrons. The summed E-state index contributed by atoms with van der Waals surface area (Å²) in [6.45, 7) is 7.89. The number of hydrogen-bond acceptors (Lipinski definition) is 2. The average molecular weight is 364 g/mol. The third-order valence-electron chi connectivity index (χ3n) is 3.46. The van der Waals surface area contributed by atoms with Crippen LogP contribution in [0.4, 0.5) is 5.69 Å². The zero-order chi connectivity index (χ0) is 15.5. The van der Waals surface area contributed by atoms with Gasteiger partial charge in [0.1, 0.15) is 5.75 Å². The maximum Gasteiger partial charge on any atom is 0.142 e. The van der Waals surface area contributed by atoms with Crippen LogP contribution in [0.5, 0.6) is 5.75 Å². The van der Waals surface area contributed by atoms with Crippen molar-refractivity contribution in [3.05, 3.63) is 52.5 Å². The van der Waals surface area contributed by atoms with Crippen LogP contribution in [0.2, 0.25) is 19.6 Å². The van der Waals surface area contributed by atoms with Gasteiger partial charge in [0.25, 0.3) is 0 Å². The number of halogens is 1. The largest absolute Gasteiger partial charge is 0.495 e. The lowest BCUT2D eigenvalue weighted by Crippen LogP contribution is -2.37. The normalized spacial score (nSPS) is 11.3. The Kier molecular flexibility index (Phi) is 5.11. The summed E-state index contributed by atoms with van der Waals surface area (Å²) in [7, 11) is 0.480. The number of ether oxygens (including phenoxy) is 1. The first kappa shape index (κ1) is 16.1. The Balaban J connectivity index is 2.08. The lowest BCUT2D eigenvalue weighted by molar-refractivity contribution is 0.416. The highest BCUT2D eigenvalue weighted by molar-refractivity contribution is 9.10. The number of rotatable bonds is 5. The summed E-state index contributed by atoms with van der Waals surface area (Å²) in [4.78, 5) is 0. The predicted octanol–water partition coefficient (Wildman–Crippen LogP) is 4.62. The molecule has 0 fully saturated rings. The van der Waals surface area contributed by atoms with Crippen LogP contribution in [0, 0.1) is 0 Å². The number of anilines is 1. The molecule has 0 heterocycles. The first-order valence-electron chi connectivity index (χ1n) is 7.07. The van der Waals surface area contributed by atoms with Crippen LogP contribution in [-0.2, 0) is 6.54 Å². The lowest BCUT2D eigenvalue weighted by Gasteiger charge is -2.17. The van der Waals surface area contributed by atoms with E-state index >= 15 is 0 Å². The van der Waals surface area contributed by atoms with Gasteiger partial charge in [0.05, 0.1) is 20.9 Å². The molecule has 2 aromatic carbocycles. The number of benzene rings is 2. The van der Waals surface area contributed by atoms with Crippen molar-refractivity contribution in [1.82, 2.24) is 0 Å². The Morgan fingerprint density at radius 1 is 1.05 bits per heavy atom. The molecule has 2 rings (SSSR count). The standard InChI is InChI=1S/C17H22BrNOSi/c1-20-17-10-7-14(18)11-16(17)19-12-13-5-8-15(9-6-13)21(2,3)4/h5-11,19H,12H2,1-4H3. The van der Waals surface area contributed by atoms with E-state index < -0.39 is 8.07 Å². The van der Waals surface area contributed by atoms with Gasteiger partial charge in [-0.05, 0) is 23.8 Å². The molecule has 0 aliphatic rings. The van der Waals surface area contributed by atoms with E-state index in [-0.39, 0.29) is 0 Å². The molecule has 0 amide bonds. The smallest absolute Gasteiger partial charge is 0.142 e. The molecule has 112 valence electrons. The Hall–Kier alpha value is -1.26. The van der Waals surface area contributed by atoms with Gasteiger partial charge in [0.15, 0.2) is 0 Å². The molecule has 0 spiro atoms. The average Bonchev–Trinajstić information content (AvgIpc) is 2.45. The van der Waals surface area contributed by atoms with E-state index in [0.717, 1.165) is 22.5 Å². The molecule has 0 unspecified atom stereocenters. The quantitative estimate of drug-likeness (QED) is 0.782. The lowest BCUT2D eigenvalue weighted by atomic mass is 10.2. The Labute approximate surface area is 136 Å². The summed E-state index contributed by atoms with van der Waals surface area (Å²) in [6.07, 6.45) is 0. The third kappa shape index (κ3) is 4.35. The number of nitrogens with one attached hydrogen (secondary N) is 1. The molecule has 0 atom stereocenters. The van der Waals surface area contributed by atoms with Crippen LogP contribution >= 0.6 is 15.9 Å². The molecule has 0 aromatic heterocycles. The maximum atomic E-state index is 5.37. The Morgan fingerprint density at radius 3 is 2.29 bits per heavy atom. The summed E-state index contributed by atoms with van der Waals surface area (Å²) < 4.78 is 6.42. The predicted molar refractivity (Wildman–Crippen MR) is 97.4 cm³/mol. The minimum Gasteiger partial charge on any atom is -0.495 e. The second-order valence-corrected chi connectivity index (χ2v) is 12.1. The maximum absolute atomic E-state index is 5.37. The summed E-state index contributed by atoms with van der Waals surface area (Å²) in [5.41, 5.74) is 2.28. The molecule has 2 aromatic rings. The SMILES string of the molecule is COc1ccc(Br)cc1NCc1ccc([Si](C)(C)C)cc1. The molecule has 21 heavy (non-hydrogen) atoms. The zero-order valence-electron chi connectivity index (χ0n) is 13.0. The summed E-state index contributed by atoms with van der Waals surface area (Å²) in [5, 5.41) is 4.93. The van der Waals surface area contributed by atoms with Crippen molar-refractivity contribution in [3.8, 4) is 5.75 Å². The van der Waals surface area contributed by atoms with Crippen LogP contribution in [0.1, 0.15) is 5.56 Å². The minimum absolute atomic E-state index is 0.790. The van der Waals surface area contributed by atoms with Crippen LogP contribution in [-0.4, -0.2) is 15.2 Å². The molecule has 0 aliphatic heterocycles. The van der Waals surface area contributed by atoms with E-state index in [1.165, 1.54) is 10.8 Å². The highest BCUT2D eigenvalue weighted by Crippen LogP contribution is 2.28. The highest BCUT2D eigenvalue weighted by atomic mass is 79.9. The van der Waals surface area contributed by atoms with Crippen molar-refractivity contribution < 1.29 is 4.74 Å². The van der Waals surface area contributed by atoms with Gasteiger partial charge in [0, 0.05) is 11.0 Å². The second-order valence-electron chi connectivity index (χ2n) is 6.15. The van der Waals surface area contributed by atoms with Gasteiger partial charge >= 0.3 is 0 Å². The topological polar surface area (TPSA) is 21.3 Å². The first-order valence-corrected chi connectivity index (χ1v) is 11.4. The molecule has 0 bridgehead atoms. The van der Waals surface area contributed by atoms with Gasteiger partial charge in [-0.3, -0.25) is 0 Å².